The number of rotatable bonds is 4. The zero-order valence-corrected chi connectivity index (χ0v) is 15.8. The van der Waals surface area contributed by atoms with Crippen molar-refractivity contribution in [2.24, 2.45) is 16.0 Å². The van der Waals surface area contributed by atoms with Gasteiger partial charge in [-0.05, 0) is 24.5 Å². The summed E-state index contributed by atoms with van der Waals surface area (Å²) in [6, 6.07) is -3.36. The van der Waals surface area contributed by atoms with Crippen molar-refractivity contribution in [3.05, 3.63) is 12.2 Å². The molecule has 0 aromatic rings. The maximum absolute atomic E-state index is 13.5. The summed E-state index contributed by atoms with van der Waals surface area (Å²) in [6.45, 7) is 2.19. The van der Waals surface area contributed by atoms with E-state index in [0.717, 1.165) is 30.2 Å². The first-order valence-electron chi connectivity index (χ1n) is 8.69. The maximum atomic E-state index is 13.5. The van der Waals surface area contributed by atoms with E-state index in [1.165, 1.54) is 11.0 Å². The highest BCUT2D eigenvalue weighted by Crippen LogP contribution is 2.35. The van der Waals surface area contributed by atoms with E-state index in [1.54, 1.807) is 0 Å². The van der Waals surface area contributed by atoms with E-state index in [9.17, 15) is 26.4 Å². The van der Waals surface area contributed by atoms with Gasteiger partial charge in [0.15, 0.2) is 20.9 Å². The molecule has 0 radical (unpaired) electrons. The van der Waals surface area contributed by atoms with Gasteiger partial charge in [0.2, 0.25) is 5.91 Å². The van der Waals surface area contributed by atoms with E-state index in [1.807, 2.05) is 6.92 Å². The molecule has 7 nitrogen and oxygen atoms in total. The average molecular weight is 406 g/mol. The van der Waals surface area contributed by atoms with Gasteiger partial charge in [-0.2, -0.15) is 18.3 Å². The molecule has 11 heteroatoms. The minimum absolute atomic E-state index is 0.0496. The van der Waals surface area contributed by atoms with Crippen LogP contribution in [0.5, 0.6) is 0 Å². The van der Waals surface area contributed by atoms with Crippen molar-refractivity contribution in [1.29, 1.82) is 0 Å². The predicted molar refractivity (Wildman–Crippen MR) is 93.9 cm³/mol. The molecule has 1 saturated heterocycles. The number of likely N-dealkylation sites (tertiary alicyclic amines) is 1. The maximum Gasteiger partial charge on any atom is 0.413 e. The Morgan fingerprint density at radius 1 is 1.30 bits per heavy atom. The Balaban J connectivity index is 1.88. The van der Waals surface area contributed by atoms with E-state index in [4.69, 9.17) is 0 Å². The molecule has 0 aromatic heterocycles. The molecule has 0 N–H and O–H groups in total. The van der Waals surface area contributed by atoms with Gasteiger partial charge < -0.3 is 4.90 Å². The number of carbonyl (C=O) groups is 1. The molecule has 3 unspecified atom stereocenters. The summed E-state index contributed by atoms with van der Waals surface area (Å²) in [7, 11) is -3.69. The van der Waals surface area contributed by atoms with Gasteiger partial charge in [-0.15, -0.1) is 0 Å². The standard InChI is InChI=1S/C16H21F3N4O3S/c1-3-4-10-7-14(24)22(8-10)9-11-15(16(17,18)19)20-12-5-6-13(21-23(11)12)27(2,25)26/h5-6,10-11,15H,3-4,7-9H2,1-2H3. The molecule has 3 rings (SSSR count). The van der Waals surface area contributed by atoms with Gasteiger partial charge >= 0.3 is 6.18 Å². The van der Waals surface area contributed by atoms with Crippen LogP contribution >= 0.6 is 0 Å². The number of hydrogen-bond acceptors (Lipinski definition) is 6. The van der Waals surface area contributed by atoms with Crippen molar-refractivity contribution >= 4 is 26.6 Å². The van der Waals surface area contributed by atoms with Crippen LogP contribution in [0, 0.1) is 5.92 Å². The van der Waals surface area contributed by atoms with Crippen LogP contribution in [0.15, 0.2) is 22.2 Å². The lowest BCUT2D eigenvalue weighted by Crippen LogP contribution is -2.50. The van der Waals surface area contributed by atoms with Gasteiger partial charge in [0.05, 0.1) is 0 Å². The normalized spacial score (nSPS) is 28.5. The van der Waals surface area contributed by atoms with Gasteiger partial charge in [0.25, 0.3) is 0 Å². The summed E-state index contributed by atoms with van der Waals surface area (Å²) in [5.74, 6) is -0.112. The molecule has 27 heavy (non-hydrogen) atoms. The first-order chi connectivity index (χ1) is 12.5. The van der Waals surface area contributed by atoms with Crippen LogP contribution < -0.4 is 0 Å². The van der Waals surface area contributed by atoms with Crippen LogP contribution in [0.2, 0.25) is 0 Å². The average Bonchev–Trinajstić information content (AvgIpc) is 3.08. The van der Waals surface area contributed by atoms with Crippen LogP contribution in [0.4, 0.5) is 13.2 Å². The fraction of sp³-hybridized carbons (Fsp3) is 0.688. The van der Waals surface area contributed by atoms with Gasteiger partial charge in [-0.3, -0.25) is 9.79 Å². The van der Waals surface area contributed by atoms with Crippen molar-refractivity contribution < 1.29 is 26.4 Å². The number of fused-ring (bicyclic) bond motifs is 1. The number of carbonyl (C=O) groups excluding carboxylic acids is 1. The zero-order chi connectivity index (χ0) is 20.0. The van der Waals surface area contributed by atoms with E-state index >= 15 is 0 Å². The third-order valence-electron chi connectivity index (χ3n) is 4.88. The Kier molecular flexibility index (Phi) is 5.08. The Morgan fingerprint density at radius 2 is 2.00 bits per heavy atom. The summed E-state index contributed by atoms with van der Waals surface area (Å²) >= 11 is 0. The molecule has 3 aliphatic rings. The summed E-state index contributed by atoms with van der Waals surface area (Å²) in [6.07, 6.45) is 0.710. The molecule has 3 atom stereocenters. The van der Waals surface area contributed by atoms with Gasteiger partial charge in [-0.25, -0.2) is 13.4 Å². The molecular formula is C16H21F3N4O3S. The third kappa shape index (κ3) is 4.02. The van der Waals surface area contributed by atoms with Crippen molar-refractivity contribution in [2.45, 2.75) is 44.4 Å². The highest BCUT2D eigenvalue weighted by Gasteiger charge is 2.53. The zero-order valence-electron chi connectivity index (χ0n) is 15.0. The number of amides is 1. The lowest BCUT2D eigenvalue weighted by Gasteiger charge is -2.31. The third-order valence-corrected chi connectivity index (χ3v) is 5.86. The molecular weight excluding hydrogens is 385 g/mol. The Hall–Kier alpha value is -1.91. The number of hydrazone groups is 1. The molecule has 0 aromatic carbocycles. The second kappa shape index (κ2) is 6.92. The van der Waals surface area contributed by atoms with Crippen LogP contribution in [0.1, 0.15) is 26.2 Å². The van der Waals surface area contributed by atoms with Gasteiger partial charge in [0, 0.05) is 25.8 Å². The first-order valence-corrected chi connectivity index (χ1v) is 10.6. The van der Waals surface area contributed by atoms with Crippen molar-refractivity contribution in [3.63, 3.8) is 0 Å². The smallest absolute Gasteiger partial charge is 0.340 e. The number of nitrogens with zero attached hydrogens (tertiary/aromatic N) is 4. The molecule has 3 heterocycles. The molecule has 3 aliphatic heterocycles. The second-order valence-corrected chi connectivity index (χ2v) is 9.05. The first kappa shape index (κ1) is 19.8. The van der Waals surface area contributed by atoms with Gasteiger partial charge in [-0.1, -0.05) is 13.3 Å². The second-order valence-electron chi connectivity index (χ2n) is 7.09. The molecule has 0 saturated carbocycles. The van der Waals surface area contributed by atoms with Crippen LogP contribution in [-0.2, 0) is 14.6 Å². The Bertz CT molecular complexity index is 819. The lowest BCUT2D eigenvalue weighted by molar-refractivity contribution is -0.157. The molecule has 150 valence electrons. The fourth-order valence-electron chi connectivity index (χ4n) is 3.65. The molecule has 0 bridgehead atoms. The van der Waals surface area contributed by atoms with Crippen LogP contribution in [0.25, 0.3) is 0 Å². The minimum Gasteiger partial charge on any atom is -0.340 e. The highest BCUT2D eigenvalue weighted by molar-refractivity contribution is 8.06. The lowest BCUT2D eigenvalue weighted by atomic mass is 10.0. The number of halogens is 3. The summed E-state index contributed by atoms with van der Waals surface area (Å²) in [4.78, 5) is 17.3. The minimum atomic E-state index is -4.63. The quantitative estimate of drug-likeness (QED) is 0.710. The highest BCUT2D eigenvalue weighted by atomic mass is 32.2. The number of sulfone groups is 1. The topological polar surface area (TPSA) is 82.4 Å². The van der Waals surface area contributed by atoms with E-state index < -0.39 is 28.1 Å². The SMILES string of the molecule is CCCC1CC(=O)N(CC2C(C(F)(F)F)N=C3C=CC(S(C)(=O)=O)=NN32)C1. The number of hydrogen-bond donors (Lipinski definition) is 0. The number of alkyl halides is 3. The fourth-order valence-corrected chi connectivity index (χ4v) is 4.20. The largest absolute Gasteiger partial charge is 0.413 e. The monoisotopic (exact) mass is 406 g/mol. The molecule has 0 spiro atoms. The molecule has 1 fully saturated rings. The van der Waals surface area contributed by atoms with Crippen molar-refractivity contribution in [1.82, 2.24) is 9.91 Å². The predicted octanol–water partition coefficient (Wildman–Crippen LogP) is 1.58. The molecule has 0 aliphatic carbocycles. The van der Waals surface area contributed by atoms with E-state index in [-0.39, 0.29) is 29.2 Å². The summed E-state index contributed by atoms with van der Waals surface area (Å²) in [5.41, 5.74) is 0. The Morgan fingerprint density at radius 3 is 2.59 bits per heavy atom. The number of aliphatic imine (C=N–C) groups is 1. The van der Waals surface area contributed by atoms with E-state index in [2.05, 4.69) is 10.1 Å². The molecule has 1 amide bonds. The van der Waals surface area contributed by atoms with Crippen LogP contribution in [-0.4, -0.2) is 72.7 Å². The summed E-state index contributed by atoms with van der Waals surface area (Å²) < 4.78 is 64.0. The Labute approximate surface area is 155 Å². The number of amidine groups is 1. The van der Waals surface area contributed by atoms with Crippen molar-refractivity contribution in [3.8, 4) is 0 Å². The van der Waals surface area contributed by atoms with Crippen molar-refractivity contribution in [2.75, 3.05) is 19.3 Å². The van der Waals surface area contributed by atoms with E-state index in [0.29, 0.717) is 13.0 Å². The van der Waals surface area contributed by atoms with Crippen LogP contribution in [0.3, 0.4) is 0 Å². The van der Waals surface area contributed by atoms with Gasteiger partial charge in [0.1, 0.15) is 11.9 Å². The summed E-state index contributed by atoms with van der Waals surface area (Å²) in [5, 5.41) is 4.56.